The van der Waals surface area contributed by atoms with Gasteiger partial charge in [-0.3, -0.25) is 4.79 Å². The molecule has 1 aliphatic rings. The highest BCUT2D eigenvalue weighted by atomic mass is 35.5. The van der Waals surface area contributed by atoms with Crippen LogP contribution in [-0.2, 0) is 4.79 Å². The zero-order valence-corrected chi connectivity index (χ0v) is 15.7. The van der Waals surface area contributed by atoms with Gasteiger partial charge in [0.2, 0.25) is 11.1 Å². The van der Waals surface area contributed by atoms with Crippen molar-refractivity contribution in [3.05, 3.63) is 22.7 Å². The fourth-order valence-corrected chi connectivity index (χ4v) is 3.80. The maximum atomic E-state index is 12.3. The standard InChI is InChI=1S/C16H20ClN5O2S/c1-10-7-13(14(24-2)8-12(10)17)18-15(23)9-25-16-19-20-21-22(16)11-5-3-4-6-11/h7-8,11H,3-6,9H2,1-2H3,(H,18,23). The minimum absolute atomic E-state index is 0.147. The highest BCUT2D eigenvalue weighted by Crippen LogP contribution is 2.32. The number of aromatic nitrogens is 4. The van der Waals surface area contributed by atoms with Gasteiger partial charge in [0.1, 0.15) is 5.75 Å². The Balaban J connectivity index is 1.62. The molecule has 25 heavy (non-hydrogen) atoms. The predicted octanol–water partition coefficient (Wildman–Crippen LogP) is 3.49. The molecule has 134 valence electrons. The van der Waals surface area contributed by atoms with Crippen molar-refractivity contribution in [1.82, 2.24) is 20.2 Å². The normalized spacial score (nSPS) is 14.7. The number of carbonyl (C=O) groups is 1. The number of aryl methyl sites for hydroxylation is 1. The Labute approximate surface area is 155 Å². The molecule has 1 heterocycles. The van der Waals surface area contributed by atoms with E-state index >= 15 is 0 Å². The molecule has 0 saturated heterocycles. The summed E-state index contributed by atoms with van der Waals surface area (Å²) in [5.74, 6) is 0.605. The van der Waals surface area contributed by atoms with Crippen molar-refractivity contribution in [2.45, 2.75) is 43.8 Å². The van der Waals surface area contributed by atoms with Crippen LogP contribution in [0, 0.1) is 6.92 Å². The number of tetrazole rings is 1. The number of benzene rings is 1. The fraction of sp³-hybridized carbons (Fsp3) is 0.500. The Morgan fingerprint density at radius 2 is 2.20 bits per heavy atom. The van der Waals surface area contributed by atoms with Crippen molar-refractivity contribution in [2.75, 3.05) is 18.2 Å². The van der Waals surface area contributed by atoms with Crippen LogP contribution in [0.5, 0.6) is 5.75 Å². The first-order valence-corrected chi connectivity index (χ1v) is 9.49. The van der Waals surface area contributed by atoms with Gasteiger partial charge in [-0.25, -0.2) is 4.68 Å². The summed E-state index contributed by atoms with van der Waals surface area (Å²) in [6, 6.07) is 3.84. The van der Waals surface area contributed by atoms with Gasteiger partial charge in [-0.05, 0) is 41.8 Å². The highest BCUT2D eigenvalue weighted by Gasteiger charge is 2.22. The minimum Gasteiger partial charge on any atom is -0.495 e. The molecule has 1 aromatic carbocycles. The summed E-state index contributed by atoms with van der Waals surface area (Å²) in [5, 5.41) is 16.0. The third kappa shape index (κ3) is 4.24. The third-order valence-corrected chi connectivity index (χ3v) is 5.56. The average molecular weight is 382 g/mol. The number of rotatable bonds is 6. The van der Waals surface area contributed by atoms with E-state index in [1.165, 1.54) is 24.6 Å². The Morgan fingerprint density at radius 1 is 1.44 bits per heavy atom. The van der Waals surface area contributed by atoms with Crippen LogP contribution < -0.4 is 10.1 Å². The second-order valence-electron chi connectivity index (χ2n) is 5.98. The second-order valence-corrected chi connectivity index (χ2v) is 7.33. The molecule has 1 N–H and O–H groups in total. The van der Waals surface area contributed by atoms with Gasteiger partial charge in [-0.1, -0.05) is 36.2 Å². The van der Waals surface area contributed by atoms with Gasteiger partial charge in [0, 0.05) is 11.1 Å². The smallest absolute Gasteiger partial charge is 0.234 e. The molecule has 7 nitrogen and oxygen atoms in total. The number of nitrogens with one attached hydrogen (secondary N) is 1. The maximum absolute atomic E-state index is 12.3. The van der Waals surface area contributed by atoms with Gasteiger partial charge in [0.25, 0.3) is 0 Å². The van der Waals surface area contributed by atoms with E-state index in [-0.39, 0.29) is 11.7 Å². The molecule has 1 saturated carbocycles. The first kappa shape index (κ1) is 18.0. The van der Waals surface area contributed by atoms with Gasteiger partial charge in [0.15, 0.2) is 0 Å². The zero-order chi connectivity index (χ0) is 17.8. The maximum Gasteiger partial charge on any atom is 0.234 e. The fourth-order valence-electron chi connectivity index (χ4n) is 2.90. The van der Waals surface area contributed by atoms with Crippen molar-refractivity contribution in [1.29, 1.82) is 0 Å². The molecule has 0 spiro atoms. The molecule has 0 bridgehead atoms. The number of amides is 1. The Bertz CT molecular complexity index is 761. The summed E-state index contributed by atoms with van der Waals surface area (Å²) in [4.78, 5) is 12.3. The molecule has 1 fully saturated rings. The molecular weight excluding hydrogens is 362 g/mol. The molecule has 1 aliphatic carbocycles. The van der Waals surface area contributed by atoms with E-state index in [0.717, 1.165) is 18.4 Å². The van der Waals surface area contributed by atoms with E-state index in [2.05, 4.69) is 20.8 Å². The molecule has 0 radical (unpaired) electrons. The molecule has 3 rings (SSSR count). The highest BCUT2D eigenvalue weighted by molar-refractivity contribution is 7.99. The molecule has 1 aromatic heterocycles. The lowest BCUT2D eigenvalue weighted by Gasteiger charge is -2.13. The summed E-state index contributed by atoms with van der Waals surface area (Å²) in [6.45, 7) is 1.88. The number of methoxy groups -OCH3 is 1. The lowest BCUT2D eigenvalue weighted by Crippen LogP contribution is -2.16. The minimum atomic E-state index is -0.147. The molecule has 0 unspecified atom stereocenters. The molecule has 9 heteroatoms. The lowest BCUT2D eigenvalue weighted by atomic mass is 10.2. The van der Waals surface area contributed by atoms with Crippen molar-refractivity contribution in [3.63, 3.8) is 0 Å². The van der Waals surface area contributed by atoms with Crippen molar-refractivity contribution in [3.8, 4) is 5.75 Å². The largest absolute Gasteiger partial charge is 0.495 e. The van der Waals surface area contributed by atoms with Crippen LogP contribution in [0.1, 0.15) is 37.3 Å². The number of ether oxygens (including phenoxy) is 1. The van der Waals surface area contributed by atoms with E-state index < -0.39 is 0 Å². The van der Waals surface area contributed by atoms with Crippen LogP contribution in [0.4, 0.5) is 5.69 Å². The molecule has 2 aromatic rings. The summed E-state index contributed by atoms with van der Waals surface area (Å²) in [7, 11) is 1.54. The number of halogens is 1. The predicted molar refractivity (Wildman–Crippen MR) is 97.4 cm³/mol. The quantitative estimate of drug-likeness (QED) is 0.771. The number of hydrogen-bond donors (Lipinski definition) is 1. The topological polar surface area (TPSA) is 81.9 Å². The average Bonchev–Trinajstić information content (AvgIpc) is 3.26. The monoisotopic (exact) mass is 381 g/mol. The summed E-state index contributed by atoms with van der Waals surface area (Å²) >= 11 is 7.42. The first-order valence-electron chi connectivity index (χ1n) is 8.13. The number of nitrogens with zero attached hydrogens (tertiary/aromatic N) is 4. The number of hydrogen-bond acceptors (Lipinski definition) is 6. The SMILES string of the molecule is COc1cc(Cl)c(C)cc1NC(=O)CSc1nnnn1C1CCCC1. The molecular formula is C16H20ClN5O2S. The van der Waals surface area contributed by atoms with Crippen LogP contribution in [0.2, 0.25) is 5.02 Å². The number of carbonyl (C=O) groups excluding carboxylic acids is 1. The zero-order valence-electron chi connectivity index (χ0n) is 14.2. The van der Waals surface area contributed by atoms with E-state index in [0.29, 0.717) is 27.7 Å². The van der Waals surface area contributed by atoms with Gasteiger partial charge >= 0.3 is 0 Å². The number of thioether (sulfide) groups is 1. The molecule has 1 amide bonds. The van der Waals surface area contributed by atoms with E-state index in [4.69, 9.17) is 16.3 Å². The van der Waals surface area contributed by atoms with E-state index in [9.17, 15) is 4.79 Å². The van der Waals surface area contributed by atoms with Crippen LogP contribution >= 0.6 is 23.4 Å². The summed E-state index contributed by atoms with van der Waals surface area (Å²) in [6.07, 6.45) is 4.58. The van der Waals surface area contributed by atoms with Gasteiger partial charge in [0.05, 0.1) is 24.6 Å². The lowest BCUT2D eigenvalue weighted by molar-refractivity contribution is -0.113. The van der Waals surface area contributed by atoms with Crippen molar-refractivity contribution < 1.29 is 9.53 Å². The van der Waals surface area contributed by atoms with Crippen LogP contribution in [0.15, 0.2) is 17.3 Å². The van der Waals surface area contributed by atoms with Crippen LogP contribution in [0.3, 0.4) is 0 Å². The third-order valence-electron chi connectivity index (χ3n) is 4.22. The van der Waals surface area contributed by atoms with Gasteiger partial charge < -0.3 is 10.1 Å². The van der Waals surface area contributed by atoms with Crippen molar-refractivity contribution >= 4 is 35.0 Å². The van der Waals surface area contributed by atoms with Gasteiger partial charge in [-0.2, -0.15) is 0 Å². The van der Waals surface area contributed by atoms with Crippen LogP contribution in [-0.4, -0.2) is 39.0 Å². The second kappa shape index (κ2) is 8.05. The molecule has 0 aliphatic heterocycles. The van der Waals surface area contributed by atoms with Crippen LogP contribution in [0.25, 0.3) is 0 Å². The Hall–Kier alpha value is -1.80. The first-order chi connectivity index (χ1) is 12.1. The van der Waals surface area contributed by atoms with E-state index in [1.54, 1.807) is 19.2 Å². The van der Waals surface area contributed by atoms with E-state index in [1.807, 2.05) is 11.6 Å². The number of anilines is 1. The van der Waals surface area contributed by atoms with Gasteiger partial charge in [-0.15, -0.1) is 5.10 Å². The Morgan fingerprint density at radius 3 is 2.92 bits per heavy atom. The van der Waals surface area contributed by atoms with Crippen molar-refractivity contribution in [2.24, 2.45) is 0 Å². The Kier molecular flexibility index (Phi) is 5.80. The molecule has 0 atom stereocenters. The summed E-state index contributed by atoms with van der Waals surface area (Å²) in [5.41, 5.74) is 1.47. The summed E-state index contributed by atoms with van der Waals surface area (Å²) < 4.78 is 7.12.